The standard InChI is InChI=1S/C17H17ClN2O2/c1-22-14-6-4-12(5-7-14)16(11-2-3-11)20-17(21)13-8-9-19-15(18)10-13/h4-11,16H,2-3H2,1H3,(H,20,21)/t16-/m0/s1. The van der Waals surface area contributed by atoms with Gasteiger partial charge in [-0.15, -0.1) is 0 Å². The number of hydrogen-bond acceptors (Lipinski definition) is 3. The molecule has 1 N–H and O–H groups in total. The fourth-order valence-electron chi connectivity index (χ4n) is 2.48. The van der Waals surface area contributed by atoms with Gasteiger partial charge in [0.15, 0.2) is 0 Å². The van der Waals surface area contributed by atoms with E-state index in [0.717, 1.165) is 24.2 Å². The molecule has 0 unspecified atom stereocenters. The zero-order chi connectivity index (χ0) is 15.5. The van der Waals surface area contributed by atoms with E-state index in [-0.39, 0.29) is 11.9 Å². The lowest BCUT2D eigenvalue weighted by atomic mass is 10.0. The second-order valence-electron chi connectivity index (χ2n) is 5.43. The Balaban J connectivity index is 1.78. The minimum Gasteiger partial charge on any atom is -0.497 e. The van der Waals surface area contributed by atoms with Gasteiger partial charge in [0.05, 0.1) is 13.2 Å². The Bertz CT molecular complexity index is 669. The van der Waals surface area contributed by atoms with Crippen LogP contribution in [0.4, 0.5) is 0 Å². The minimum atomic E-state index is -0.128. The predicted molar refractivity (Wildman–Crippen MR) is 85.2 cm³/mol. The van der Waals surface area contributed by atoms with Crippen molar-refractivity contribution in [3.05, 3.63) is 58.9 Å². The summed E-state index contributed by atoms with van der Waals surface area (Å²) >= 11 is 5.85. The Morgan fingerprint density at radius 2 is 2.05 bits per heavy atom. The van der Waals surface area contributed by atoms with E-state index in [1.165, 1.54) is 6.20 Å². The van der Waals surface area contributed by atoms with Gasteiger partial charge in [-0.25, -0.2) is 4.98 Å². The molecule has 0 spiro atoms. The Kier molecular flexibility index (Phi) is 4.29. The largest absolute Gasteiger partial charge is 0.497 e. The van der Waals surface area contributed by atoms with Crippen molar-refractivity contribution in [3.8, 4) is 5.75 Å². The van der Waals surface area contributed by atoms with Gasteiger partial charge in [0.2, 0.25) is 0 Å². The van der Waals surface area contributed by atoms with Gasteiger partial charge in [0.25, 0.3) is 5.91 Å². The summed E-state index contributed by atoms with van der Waals surface area (Å²) in [6.45, 7) is 0. The minimum absolute atomic E-state index is 0.0188. The van der Waals surface area contributed by atoms with Gasteiger partial charge in [-0.05, 0) is 48.6 Å². The van der Waals surface area contributed by atoms with Crippen molar-refractivity contribution in [2.45, 2.75) is 18.9 Å². The number of amides is 1. The van der Waals surface area contributed by atoms with Crippen molar-refractivity contribution in [1.82, 2.24) is 10.3 Å². The summed E-state index contributed by atoms with van der Waals surface area (Å²) < 4.78 is 5.18. The van der Waals surface area contributed by atoms with Gasteiger partial charge in [0, 0.05) is 11.8 Å². The van der Waals surface area contributed by atoms with Crippen LogP contribution in [0.2, 0.25) is 5.15 Å². The van der Waals surface area contributed by atoms with Crippen LogP contribution in [-0.2, 0) is 0 Å². The number of benzene rings is 1. The summed E-state index contributed by atoms with van der Waals surface area (Å²) in [6, 6.07) is 11.1. The fourth-order valence-corrected chi connectivity index (χ4v) is 2.66. The van der Waals surface area contributed by atoms with Crippen molar-refractivity contribution in [3.63, 3.8) is 0 Å². The molecular weight excluding hydrogens is 300 g/mol. The summed E-state index contributed by atoms with van der Waals surface area (Å²) in [5.41, 5.74) is 1.62. The van der Waals surface area contributed by atoms with E-state index in [0.29, 0.717) is 16.6 Å². The first-order valence-electron chi connectivity index (χ1n) is 7.24. The van der Waals surface area contributed by atoms with E-state index in [9.17, 15) is 4.79 Å². The van der Waals surface area contributed by atoms with Crippen molar-refractivity contribution in [2.75, 3.05) is 7.11 Å². The van der Waals surface area contributed by atoms with E-state index in [2.05, 4.69) is 10.3 Å². The molecule has 0 bridgehead atoms. The third kappa shape index (κ3) is 3.39. The number of hydrogen-bond donors (Lipinski definition) is 1. The Labute approximate surface area is 134 Å². The fraction of sp³-hybridized carbons (Fsp3) is 0.294. The summed E-state index contributed by atoms with van der Waals surface area (Å²) in [7, 11) is 1.64. The van der Waals surface area contributed by atoms with Crippen LogP contribution in [0, 0.1) is 5.92 Å². The Morgan fingerprint density at radius 3 is 2.64 bits per heavy atom. The molecule has 4 nitrogen and oxygen atoms in total. The van der Waals surface area contributed by atoms with Crippen molar-refractivity contribution < 1.29 is 9.53 Å². The number of ether oxygens (including phenoxy) is 1. The van der Waals surface area contributed by atoms with Gasteiger partial charge in [-0.1, -0.05) is 23.7 Å². The van der Waals surface area contributed by atoms with E-state index in [4.69, 9.17) is 16.3 Å². The number of nitrogens with zero attached hydrogens (tertiary/aromatic N) is 1. The first-order valence-corrected chi connectivity index (χ1v) is 7.61. The monoisotopic (exact) mass is 316 g/mol. The SMILES string of the molecule is COc1ccc([C@@H](NC(=O)c2ccnc(Cl)c2)C2CC2)cc1. The van der Waals surface area contributed by atoms with E-state index in [1.807, 2.05) is 24.3 Å². The summed E-state index contributed by atoms with van der Waals surface area (Å²) in [4.78, 5) is 16.3. The van der Waals surface area contributed by atoms with Gasteiger partial charge >= 0.3 is 0 Å². The van der Waals surface area contributed by atoms with Gasteiger partial charge in [-0.3, -0.25) is 4.79 Å². The average molecular weight is 317 g/mol. The van der Waals surface area contributed by atoms with Crippen LogP contribution in [0.3, 0.4) is 0 Å². The number of halogens is 1. The lowest BCUT2D eigenvalue weighted by molar-refractivity contribution is 0.0931. The highest BCUT2D eigenvalue weighted by Crippen LogP contribution is 2.41. The molecule has 2 aromatic rings. The maximum absolute atomic E-state index is 12.4. The highest BCUT2D eigenvalue weighted by Gasteiger charge is 2.33. The number of nitrogens with one attached hydrogen (secondary N) is 1. The molecule has 1 aromatic carbocycles. The van der Waals surface area contributed by atoms with Crippen LogP contribution in [0.15, 0.2) is 42.6 Å². The number of rotatable bonds is 5. The van der Waals surface area contributed by atoms with Crippen molar-refractivity contribution in [1.29, 1.82) is 0 Å². The number of carbonyl (C=O) groups excluding carboxylic acids is 1. The first kappa shape index (κ1) is 14.9. The van der Waals surface area contributed by atoms with Crippen LogP contribution >= 0.6 is 11.6 Å². The molecular formula is C17H17ClN2O2. The summed E-state index contributed by atoms with van der Waals surface area (Å²) in [5, 5.41) is 3.43. The topological polar surface area (TPSA) is 51.2 Å². The molecule has 1 amide bonds. The van der Waals surface area contributed by atoms with Crippen LogP contribution in [-0.4, -0.2) is 18.0 Å². The average Bonchev–Trinajstić information content (AvgIpc) is 3.37. The maximum atomic E-state index is 12.4. The summed E-state index contributed by atoms with van der Waals surface area (Å²) in [5.74, 6) is 1.18. The molecule has 1 saturated carbocycles. The highest BCUT2D eigenvalue weighted by atomic mass is 35.5. The predicted octanol–water partition coefficient (Wildman–Crippen LogP) is 3.62. The zero-order valence-corrected chi connectivity index (χ0v) is 13.0. The normalized spacial score (nSPS) is 15.2. The smallest absolute Gasteiger partial charge is 0.251 e. The van der Waals surface area contributed by atoms with Crippen LogP contribution in [0.1, 0.15) is 34.8 Å². The van der Waals surface area contributed by atoms with E-state index < -0.39 is 0 Å². The Hall–Kier alpha value is -2.07. The molecule has 114 valence electrons. The molecule has 1 heterocycles. The molecule has 1 aromatic heterocycles. The number of methoxy groups -OCH3 is 1. The molecule has 0 aliphatic heterocycles. The molecule has 5 heteroatoms. The molecule has 1 fully saturated rings. The van der Waals surface area contributed by atoms with E-state index in [1.54, 1.807) is 19.2 Å². The van der Waals surface area contributed by atoms with Crippen LogP contribution in [0.5, 0.6) is 5.75 Å². The third-order valence-corrected chi connectivity index (χ3v) is 4.05. The van der Waals surface area contributed by atoms with Crippen molar-refractivity contribution in [2.24, 2.45) is 5.92 Å². The zero-order valence-electron chi connectivity index (χ0n) is 12.3. The van der Waals surface area contributed by atoms with Gasteiger partial charge in [-0.2, -0.15) is 0 Å². The number of carbonyl (C=O) groups is 1. The lowest BCUT2D eigenvalue weighted by Crippen LogP contribution is -2.29. The van der Waals surface area contributed by atoms with Crippen molar-refractivity contribution >= 4 is 17.5 Å². The van der Waals surface area contributed by atoms with Crippen LogP contribution < -0.4 is 10.1 Å². The quantitative estimate of drug-likeness (QED) is 0.857. The second-order valence-corrected chi connectivity index (χ2v) is 5.82. The molecule has 3 rings (SSSR count). The van der Waals surface area contributed by atoms with Gasteiger partial charge in [0.1, 0.15) is 10.9 Å². The second kappa shape index (κ2) is 6.36. The maximum Gasteiger partial charge on any atom is 0.251 e. The Morgan fingerprint density at radius 1 is 1.32 bits per heavy atom. The highest BCUT2D eigenvalue weighted by molar-refractivity contribution is 6.29. The van der Waals surface area contributed by atoms with E-state index >= 15 is 0 Å². The molecule has 0 saturated heterocycles. The molecule has 1 atom stereocenters. The molecule has 22 heavy (non-hydrogen) atoms. The van der Waals surface area contributed by atoms with Crippen LogP contribution in [0.25, 0.3) is 0 Å². The molecule has 1 aliphatic carbocycles. The third-order valence-electron chi connectivity index (χ3n) is 3.84. The summed E-state index contributed by atoms with van der Waals surface area (Å²) in [6.07, 6.45) is 3.80. The number of pyridine rings is 1. The first-order chi connectivity index (χ1) is 10.7. The lowest BCUT2D eigenvalue weighted by Gasteiger charge is -2.19. The number of aromatic nitrogens is 1. The molecule has 1 aliphatic rings. The van der Waals surface area contributed by atoms with Gasteiger partial charge < -0.3 is 10.1 Å². The molecule has 0 radical (unpaired) electrons.